The maximum Gasteiger partial charge on any atom is 0.127 e. The van der Waals surface area contributed by atoms with Crippen molar-refractivity contribution < 1.29 is 4.74 Å². The minimum atomic E-state index is -0.0661. The molecule has 0 amide bonds. The van der Waals surface area contributed by atoms with Crippen molar-refractivity contribution >= 4 is 11.6 Å². The lowest BCUT2D eigenvalue weighted by molar-refractivity contribution is 0.161. The van der Waals surface area contributed by atoms with Crippen LogP contribution in [0.3, 0.4) is 0 Å². The van der Waals surface area contributed by atoms with Crippen molar-refractivity contribution in [3.63, 3.8) is 0 Å². The lowest BCUT2D eigenvalue weighted by Crippen LogP contribution is -2.24. The number of hydrogen-bond donors (Lipinski definition) is 1. The predicted octanol–water partition coefficient (Wildman–Crippen LogP) is 3.86. The molecular formula is C15H14ClNO. The smallest absolute Gasteiger partial charge is 0.127 e. The van der Waals surface area contributed by atoms with Gasteiger partial charge in [-0.3, -0.25) is 0 Å². The molecule has 0 spiro atoms. The Morgan fingerprint density at radius 1 is 1.00 bits per heavy atom. The van der Waals surface area contributed by atoms with Crippen molar-refractivity contribution in [2.45, 2.75) is 18.6 Å². The third-order valence-electron chi connectivity index (χ3n) is 3.31. The van der Waals surface area contributed by atoms with E-state index in [4.69, 9.17) is 22.1 Å². The van der Waals surface area contributed by atoms with Crippen molar-refractivity contribution in [3.05, 3.63) is 64.7 Å². The van der Waals surface area contributed by atoms with E-state index >= 15 is 0 Å². The summed E-state index contributed by atoms with van der Waals surface area (Å²) in [4.78, 5) is 0. The first kappa shape index (κ1) is 11.6. The molecule has 92 valence electrons. The van der Waals surface area contributed by atoms with Crippen LogP contribution in [-0.4, -0.2) is 0 Å². The molecule has 2 unspecified atom stereocenters. The molecule has 2 aromatic carbocycles. The second kappa shape index (κ2) is 4.63. The molecule has 2 nitrogen and oxygen atoms in total. The molecule has 0 saturated carbocycles. The number of nitrogens with two attached hydrogens (primary N) is 1. The summed E-state index contributed by atoms with van der Waals surface area (Å²) in [5, 5.41) is 0.731. The van der Waals surface area contributed by atoms with E-state index < -0.39 is 0 Å². The summed E-state index contributed by atoms with van der Waals surface area (Å²) in [6.07, 6.45) is 0.685. The second-order valence-electron chi connectivity index (χ2n) is 4.51. The molecule has 0 bridgehead atoms. The average molecular weight is 260 g/mol. The predicted molar refractivity (Wildman–Crippen MR) is 72.8 cm³/mol. The van der Waals surface area contributed by atoms with Crippen LogP contribution < -0.4 is 10.5 Å². The Kier molecular flexibility index (Phi) is 2.98. The zero-order chi connectivity index (χ0) is 12.5. The first-order valence-electron chi connectivity index (χ1n) is 6.01. The number of halogens is 1. The van der Waals surface area contributed by atoms with E-state index in [-0.39, 0.29) is 12.1 Å². The lowest BCUT2D eigenvalue weighted by Gasteiger charge is -2.30. The summed E-state index contributed by atoms with van der Waals surface area (Å²) >= 11 is 6.21. The van der Waals surface area contributed by atoms with Crippen LogP contribution in [-0.2, 0) is 0 Å². The van der Waals surface area contributed by atoms with Crippen molar-refractivity contribution in [1.82, 2.24) is 0 Å². The number of para-hydroxylation sites is 1. The van der Waals surface area contributed by atoms with Crippen molar-refractivity contribution in [3.8, 4) is 5.75 Å². The standard InChI is InChI=1S/C15H14ClNO/c16-12-7-3-1-5-10(12)15-9-13(17)11-6-2-4-8-14(11)18-15/h1-8,13,15H,9,17H2. The average Bonchev–Trinajstić information content (AvgIpc) is 2.39. The number of ether oxygens (including phenoxy) is 1. The molecule has 1 aliphatic heterocycles. The van der Waals surface area contributed by atoms with E-state index in [1.165, 1.54) is 0 Å². The number of fused-ring (bicyclic) bond motifs is 1. The summed E-state index contributed by atoms with van der Waals surface area (Å²) < 4.78 is 6.00. The number of benzene rings is 2. The van der Waals surface area contributed by atoms with E-state index in [1.54, 1.807) is 0 Å². The molecule has 1 aliphatic rings. The molecule has 0 aliphatic carbocycles. The van der Waals surface area contributed by atoms with Crippen LogP contribution in [0.2, 0.25) is 5.02 Å². The van der Waals surface area contributed by atoms with Gasteiger partial charge in [0.25, 0.3) is 0 Å². The van der Waals surface area contributed by atoms with Gasteiger partial charge in [0, 0.05) is 28.6 Å². The maximum absolute atomic E-state index is 6.21. The van der Waals surface area contributed by atoms with Gasteiger partial charge in [0.2, 0.25) is 0 Å². The molecule has 0 saturated heterocycles. The van der Waals surface area contributed by atoms with Gasteiger partial charge in [-0.25, -0.2) is 0 Å². The third kappa shape index (κ3) is 1.98. The van der Waals surface area contributed by atoms with E-state index in [2.05, 4.69) is 0 Å². The fraction of sp³-hybridized carbons (Fsp3) is 0.200. The Morgan fingerprint density at radius 3 is 2.44 bits per heavy atom. The van der Waals surface area contributed by atoms with Crippen LogP contribution in [0, 0.1) is 0 Å². The van der Waals surface area contributed by atoms with Gasteiger partial charge in [-0.15, -0.1) is 0 Å². The third-order valence-corrected chi connectivity index (χ3v) is 3.65. The lowest BCUT2D eigenvalue weighted by atomic mass is 9.94. The zero-order valence-corrected chi connectivity index (χ0v) is 10.6. The number of hydrogen-bond acceptors (Lipinski definition) is 2. The topological polar surface area (TPSA) is 35.2 Å². The highest BCUT2D eigenvalue weighted by Crippen LogP contribution is 2.40. The van der Waals surface area contributed by atoms with Crippen LogP contribution in [0.25, 0.3) is 0 Å². The molecule has 0 radical (unpaired) electrons. The fourth-order valence-electron chi connectivity index (χ4n) is 2.38. The van der Waals surface area contributed by atoms with E-state index in [1.807, 2.05) is 48.5 Å². The summed E-state index contributed by atoms with van der Waals surface area (Å²) in [5.74, 6) is 0.862. The van der Waals surface area contributed by atoms with Gasteiger partial charge in [-0.2, -0.15) is 0 Å². The normalized spacial score (nSPS) is 22.1. The summed E-state index contributed by atoms with van der Waals surface area (Å²) in [6.45, 7) is 0. The van der Waals surface area contributed by atoms with Crippen LogP contribution in [0.4, 0.5) is 0 Å². The Bertz CT molecular complexity index is 570. The van der Waals surface area contributed by atoms with Crippen molar-refractivity contribution in [2.75, 3.05) is 0 Å². The molecule has 1 heterocycles. The Labute approximate surface area is 111 Å². The highest BCUT2D eigenvalue weighted by Gasteiger charge is 2.27. The minimum absolute atomic E-state index is 0.00350. The molecule has 2 aromatic rings. The largest absolute Gasteiger partial charge is 0.485 e. The molecule has 2 N–H and O–H groups in total. The van der Waals surface area contributed by atoms with Crippen LogP contribution in [0.5, 0.6) is 5.75 Å². The van der Waals surface area contributed by atoms with Crippen LogP contribution in [0.1, 0.15) is 29.7 Å². The van der Waals surface area contributed by atoms with E-state index in [0.29, 0.717) is 0 Å². The molecule has 0 fully saturated rings. The van der Waals surface area contributed by atoms with Gasteiger partial charge in [0.05, 0.1) is 0 Å². The number of rotatable bonds is 1. The first-order chi connectivity index (χ1) is 8.75. The summed E-state index contributed by atoms with van der Waals surface area (Å²) in [6, 6.07) is 15.7. The van der Waals surface area contributed by atoms with Crippen molar-refractivity contribution in [2.24, 2.45) is 5.73 Å². The fourth-order valence-corrected chi connectivity index (χ4v) is 2.64. The summed E-state index contributed by atoms with van der Waals surface area (Å²) in [7, 11) is 0. The zero-order valence-electron chi connectivity index (χ0n) is 9.84. The van der Waals surface area contributed by atoms with Gasteiger partial charge in [0.15, 0.2) is 0 Å². The van der Waals surface area contributed by atoms with Crippen LogP contribution in [0.15, 0.2) is 48.5 Å². The van der Waals surface area contributed by atoms with E-state index in [9.17, 15) is 0 Å². The van der Waals surface area contributed by atoms with Gasteiger partial charge in [-0.1, -0.05) is 48.0 Å². The quantitative estimate of drug-likeness (QED) is 0.844. The monoisotopic (exact) mass is 259 g/mol. The van der Waals surface area contributed by atoms with Gasteiger partial charge < -0.3 is 10.5 Å². The highest BCUT2D eigenvalue weighted by molar-refractivity contribution is 6.31. The molecule has 3 rings (SSSR count). The van der Waals surface area contributed by atoms with Gasteiger partial charge in [-0.05, 0) is 12.1 Å². The molecule has 3 heteroatoms. The molecule has 18 heavy (non-hydrogen) atoms. The summed E-state index contributed by atoms with van der Waals surface area (Å²) in [5.41, 5.74) is 8.28. The van der Waals surface area contributed by atoms with Crippen LogP contribution >= 0.6 is 11.6 Å². The Hall–Kier alpha value is -1.51. The SMILES string of the molecule is NC1CC(c2ccccc2Cl)Oc2ccccc21. The van der Waals surface area contributed by atoms with E-state index in [0.717, 1.165) is 28.3 Å². The van der Waals surface area contributed by atoms with Gasteiger partial charge in [0.1, 0.15) is 11.9 Å². The Morgan fingerprint density at radius 2 is 1.67 bits per heavy atom. The molecular weight excluding hydrogens is 246 g/mol. The molecule has 0 aromatic heterocycles. The molecule has 2 atom stereocenters. The van der Waals surface area contributed by atoms with Crippen molar-refractivity contribution in [1.29, 1.82) is 0 Å². The minimum Gasteiger partial charge on any atom is -0.485 e. The highest BCUT2D eigenvalue weighted by atomic mass is 35.5. The Balaban J connectivity index is 1.97. The first-order valence-corrected chi connectivity index (χ1v) is 6.39. The second-order valence-corrected chi connectivity index (χ2v) is 4.92. The van der Waals surface area contributed by atoms with Gasteiger partial charge >= 0.3 is 0 Å². The maximum atomic E-state index is 6.21.